The minimum atomic E-state index is -0.583. The summed E-state index contributed by atoms with van der Waals surface area (Å²) in [6, 6.07) is 6.87. The van der Waals surface area contributed by atoms with Gasteiger partial charge in [-0.25, -0.2) is 4.79 Å². The minimum Gasteiger partial charge on any atom is -0.497 e. The highest BCUT2D eigenvalue weighted by molar-refractivity contribution is 5.99. The maximum absolute atomic E-state index is 11.6. The van der Waals surface area contributed by atoms with E-state index in [-0.39, 0.29) is 17.9 Å². The Morgan fingerprint density at radius 2 is 1.83 bits per heavy atom. The van der Waals surface area contributed by atoms with Crippen molar-refractivity contribution in [3.05, 3.63) is 36.4 Å². The van der Waals surface area contributed by atoms with Gasteiger partial charge in [-0.05, 0) is 24.3 Å². The van der Waals surface area contributed by atoms with E-state index in [9.17, 15) is 9.59 Å². The van der Waals surface area contributed by atoms with Crippen LogP contribution in [0.3, 0.4) is 0 Å². The van der Waals surface area contributed by atoms with Gasteiger partial charge in [0, 0.05) is 11.3 Å². The van der Waals surface area contributed by atoms with Crippen LogP contribution in [0.1, 0.15) is 6.42 Å². The average Bonchev–Trinajstić information content (AvgIpc) is 2.38. The number of anilines is 1. The fourth-order valence-corrected chi connectivity index (χ4v) is 1.29. The zero-order valence-electron chi connectivity index (χ0n) is 10.4. The minimum absolute atomic E-state index is 0.0985. The Morgan fingerprint density at radius 1 is 1.22 bits per heavy atom. The van der Waals surface area contributed by atoms with Crippen molar-refractivity contribution in [1.82, 2.24) is 0 Å². The number of esters is 1. The number of rotatable bonds is 5. The van der Waals surface area contributed by atoms with E-state index >= 15 is 0 Å². The zero-order valence-corrected chi connectivity index (χ0v) is 10.4. The molecule has 1 aromatic carbocycles. The third-order valence-corrected chi connectivity index (χ3v) is 2.22. The molecule has 5 nitrogen and oxygen atoms in total. The highest BCUT2D eigenvalue weighted by Gasteiger charge is 2.11. The number of carbonyl (C=O) groups is 2. The van der Waals surface area contributed by atoms with Crippen LogP contribution < -0.4 is 10.1 Å². The molecule has 1 N–H and O–H groups in total. The van der Waals surface area contributed by atoms with Crippen molar-refractivity contribution in [2.24, 2.45) is 0 Å². The van der Waals surface area contributed by atoms with E-state index in [2.05, 4.69) is 16.6 Å². The van der Waals surface area contributed by atoms with E-state index in [1.807, 2.05) is 0 Å². The molecular weight excluding hydrogens is 234 g/mol. The van der Waals surface area contributed by atoms with Crippen molar-refractivity contribution < 1.29 is 19.1 Å². The van der Waals surface area contributed by atoms with Crippen molar-refractivity contribution >= 4 is 17.6 Å². The van der Waals surface area contributed by atoms with E-state index in [0.717, 1.165) is 0 Å². The molecule has 1 aromatic rings. The Bertz CT molecular complexity index is 451. The summed E-state index contributed by atoms with van der Waals surface area (Å²) in [4.78, 5) is 22.7. The predicted molar refractivity (Wildman–Crippen MR) is 67.4 cm³/mol. The lowest BCUT2D eigenvalue weighted by atomic mass is 10.2. The molecular formula is C13H15NO4. The van der Waals surface area contributed by atoms with Gasteiger partial charge in [-0.1, -0.05) is 6.58 Å². The molecule has 0 fully saturated rings. The molecule has 0 heterocycles. The third-order valence-electron chi connectivity index (χ3n) is 2.22. The summed E-state index contributed by atoms with van der Waals surface area (Å²) in [6.07, 6.45) is -0.0985. The van der Waals surface area contributed by atoms with Gasteiger partial charge in [-0.15, -0.1) is 0 Å². The topological polar surface area (TPSA) is 64.6 Å². The summed E-state index contributed by atoms with van der Waals surface area (Å²) < 4.78 is 9.46. The summed E-state index contributed by atoms with van der Waals surface area (Å²) in [5.41, 5.74) is 0.738. The smallest absolute Gasteiger partial charge is 0.333 e. The normalized spacial score (nSPS) is 9.44. The number of methoxy groups -OCH3 is 2. The van der Waals surface area contributed by atoms with Crippen molar-refractivity contribution in [2.45, 2.75) is 6.42 Å². The molecule has 0 aliphatic heterocycles. The SMILES string of the molecule is C=C(CC(=O)Nc1ccc(OC)cc1)C(=O)OC. The van der Waals surface area contributed by atoms with Crippen LogP contribution in [0.15, 0.2) is 36.4 Å². The van der Waals surface area contributed by atoms with Gasteiger partial charge in [0.05, 0.1) is 20.6 Å². The summed E-state index contributed by atoms with van der Waals surface area (Å²) in [6.45, 7) is 3.48. The molecule has 0 spiro atoms. The molecule has 0 aromatic heterocycles. The summed E-state index contributed by atoms with van der Waals surface area (Å²) in [7, 11) is 2.81. The lowest BCUT2D eigenvalue weighted by molar-refractivity contribution is -0.137. The van der Waals surface area contributed by atoms with Gasteiger partial charge in [-0.2, -0.15) is 0 Å². The molecule has 0 saturated carbocycles. The molecule has 0 aliphatic carbocycles. The van der Waals surface area contributed by atoms with Gasteiger partial charge >= 0.3 is 5.97 Å². The molecule has 96 valence electrons. The van der Waals surface area contributed by atoms with E-state index in [1.54, 1.807) is 31.4 Å². The van der Waals surface area contributed by atoms with Crippen LogP contribution in [0, 0.1) is 0 Å². The first-order valence-corrected chi connectivity index (χ1v) is 5.27. The summed E-state index contributed by atoms with van der Waals surface area (Å²) in [5.74, 6) is -0.206. The molecule has 5 heteroatoms. The number of nitrogens with one attached hydrogen (secondary N) is 1. The van der Waals surface area contributed by atoms with E-state index < -0.39 is 5.97 Å². The summed E-state index contributed by atoms with van der Waals surface area (Å²) >= 11 is 0. The second kappa shape index (κ2) is 6.44. The largest absolute Gasteiger partial charge is 0.497 e. The Labute approximate surface area is 105 Å². The first kappa shape index (κ1) is 13.8. The Morgan fingerprint density at radius 3 is 2.33 bits per heavy atom. The molecule has 0 aliphatic rings. The summed E-state index contributed by atoms with van der Waals surface area (Å²) in [5, 5.41) is 2.64. The van der Waals surface area contributed by atoms with Crippen LogP contribution in [-0.4, -0.2) is 26.1 Å². The average molecular weight is 249 g/mol. The Kier molecular flexibility index (Phi) is 4.92. The quantitative estimate of drug-likeness (QED) is 0.638. The van der Waals surface area contributed by atoms with E-state index in [1.165, 1.54) is 7.11 Å². The molecule has 0 unspecified atom stereocenters. The lowest BCUT2D eigenvalue weighted by Crippen LogP contribution is -2.15. The maximum Gasteiger partial charge on any atom is 0.333 e. The number of carbonyl (C=O) groups excluding carboxylic acids is 2. The van der Waals surface area contributed by atoms with Crippen LogP contribution in [0.4, 0.5) is 5.69 Å². The first-order chi connectivity index (χ1) is 8.56. The van der Waals surface area contributed by atoms with Crippen LogP contribution in [0.5, 0.6) is 5.75 Å². The maximum atomic E-state index is 11.6. The molecule has 0 radical (unpaired) electrons. The van der Waals surface area contributed by atoms with E-state index in [0.29, 0.717) is 11.4 Å². The first-order valence-electron chi connectivity index (χ1n) is 5.27. The van der Waals surface area contributed by atoms with Gasteiger partial charge in [-0.3, -0.25) is 4.79 Å². The highest BCUT2D eigenvalue weighted by atomic mass is 16.5. The van der Waals surface area contributed by atoms with Gasteiger partial charge < -0.3 is 14.8 Å². The van der Waals surface area contributed by atoms with Crippen molar-refractivity contribution in [1.29, 1.82) is 0 Å². The molecule has 0 saturated heterocycles. The van der Waals surface area contributed by atoms with Crippen LogP contribution in [-0.2, 0) is 14.3 Å². The monoisotopic (exact) mass is 249 g/mol. The number of hydrogen-bond acceptors (Lipinski definition) is 4. The predicted octanol–water partition coefficient (Wildman–Crippen LogP) is 1.75. The van der Waals surface area contributed by atoms with Crippen LogP contribution >= 0.6 is 0 Å². The van der Waals surface area contributed by atoms with Gasteiger partial charge in [0.2, 0.25) is 5.91 Å². The standard InChI is InChI=1S/C13H15NO4/c1-9(13(16)18-3)8-12(15)14-10-4-6-11(17-2)7-5-10/h4-7H,1,8H2,2-3H3,(H,14,15). The number of amides is 1. The zero-order chi connectivity index (χ0) is 13.5. The fourth-order valence-electron chi connectivity index (χ4n) is 1.29. The fraction of sp³-hybridized carbons (Fsp3) is 0.231. The van der Waals surface area contributed by atoms with Crippen LogP contribution in [0.25, 0.3) is 0 Å². The number of hydrogen-bond donors (Lipinski definition) is 1. The van der Waals surface area contributed by atoms with Crippen molar-refractivity contribution in [3.8, 4) is 5.75 Å². The van der Waals surface area contributed by atoms with Gasteiger partial charge in [0.1, 0.15) is 5.75 Å². The Balaban J connectivity index is 2.54. The molecule has 1 amide bonds. The lowest BCUT2D eigenvalue weighted by Gasteiger charge is -2.07. The molecule has 0 atom stereocenters. The van der Waals surface area contributed by atoms with Crippen molar-refractivity contribution in [2.75, 3.05) is 19.5 Å². The van der Waals surface area contributed by atoms with Gasteiger partial charge in [0.25, 0.3) is 0 Å². The molecule has 0 bridgehead atoms. The van der Waals surface area contributed by atoms with Crippen molar-refractivity contribution in [3.63, 3.8) is 0 Å². The number of ether oxygens (including phenoxy) is 2. The Hall–Kier alpha value is -2.30. The van der Waals surface area contributed by atoms with Gasteiger partial charge in [0.15, 0.2) is 0 Å². The van der Waals surface area contributed by atoms with Crippen LogP contribution in [0.2, 0.25) is 0 Å². The second-order valence-electron chi connectivity index (χ2n) is 3.55. The molecule has 1 rings (SSSR count). The van der Waals surface area contributed by atoms with E-state index in [4.69, 9.17) is 4.74 Å². The second-order valence-corrected chi connectivity index (χ2v) is 3.55. The number of benzene rings is 1. The third kappa shape index (κ3) is 3.93. The molecule has 18 heavy (non-hydrogen) atoms. The highest BCUT2D eigenvalue weighted by Crippen LogP contribution is 2.15.